The van der Waals surface area contributed by atoms with E-state index in [0.29, 0.717) is 6.04 Å². The normalized spacial score (nSPS) is 26.9. The minimum absolute atomic E-state index is 0. The zero-order valence-corrected chi connectivity index (χ0v) is 12.1. The lowest BCUT2D eigenvalue weighted by Crippen LogP contribution is -2.47. The van der Waals surface area contributed by atoms with Gasteiger partial charge in [0.1, 0.15) is 0 Å². The Labute approximate surface area is 111 Å². The van der Waals surface area contributed by atoms with Crippen molar-refractivity contribution in [2.24, 2.45) is 17.6 Å². The van der Waals surface area contributed by atoms with Gasteiger partial charge in [-0.1, -0.05) is 33.6 Å². The van der Waals surface area contributed by atoms with Crippen LogP contribution in [-0.4, -0.2) is 18.0 Å². The monoisotopic (exact) mass is 262 g/mol. The van der Waals surface area contributed by atoms with Crippen LogP contribution in [0.4, 0.5) is 0 Å². The minimum atomic E-state index is -0.360. The van der Waals surface area contributed by atoms with Crippen LogP contribution in [0, 0.1) is 11.8 Å². The Morgan fingerprint density at radius 2 is 1.88 bits per heavy atom. The molecule has 0 aliphatic heterocycles. The van der Waals surface area contributed by atoms with E-state index in [1.807, 2.05) is 13.8 Å². The van der Waals surface area contributed by atoms with Crippen LogP contribution in [0.5, 0.6) is 0 Å². The van der Waals surface area contributed by atoms with Gasteiger partial charge < -0.3 is 11.1 Å². The first-order valence-electron chi connectivity index (χ1n) is 6.56. The largest absolute Gasteiger partial charge is 0.352 e. The molecule has 4 heteroatoms. The molecule has 1 rings (SSSR count). The average Bonchev–Trinajstić information content (AvgIpc) is 2.42. The Balaban J connectivity index is 0.00000256. The van der Waals surface area contributed by atoms with Crippen molar-refractivity contribution < 1.29 is 4.79 Å². The summed E-state index contributed by atoms with van der Waals surface area (Å²) in [6.45, 7) is 6.27. The minimum Gasteiger partial charge on any atom is -0.352 e. The second-order valence-electron chi connectivity index (χ2n) is 5.59. The van der Waals surface area contributed by atoms with Gasteiger partial charge in [0.15, 0.2) is 0 Å². The molecule has 1 fully saturated rings. The maximum Gasteiger partial charge on any atom is 0.237 e. The summed E-state index contributed by atoms with van der Waals surface area (Å²) in [6.07, 6.45) is 5.96. The lowest BCUT2D eigenvalue weighted by Gasteiger charge is -2.21. The number of carbonyl (C=O) groups is 1. The first-order chi connectivity index (χ1) is 7.50. The molecule has 1 aliphatic carbocycles. The third kappa shape index (κ3) is 5.73. The van der Waals surface area contributed by atoms with Gasteiger partial charge in [0, 0.05) is 6.04 Å². The SMILES string of the molecule is CC1CCCC(NC(=O)C(N)C(C)C)CC1.Cl. The third-order valence-corrected chi connectivity index (χ3v) is 3.62. The van der Waals surface area contributed by atoms with Gasteiger partial charge in [-0.2, -0.15) is 0 Å². The van der Waals surface area contributed by atoms with E-state index in [4.69, 9.17) is 5.73 Å². The molecule has 1 amide bonds. The molecule has 0 bridgehead atoms. The molecule has 0 aromatic carbocycles. The number of halogens is 1. The number of amides is 1. The van der Waals surface area contributed by atoms with E-state index < -0.39 is 0 Å². The number of rotatable bonds is 3. The summed E-state index contributed by atoms with van der Waals surface area (Å²) in [6, 6.07) is -0.0112. The lowest BCUT2D eigenvalue weighted by molar-refractivity contribution is -0.124. The van der Waals surface area contributed by atoms with Crippen LogP contribution in [0.15, 0.2) is 0 Å². The number of nitrogens with two attached hydrogens (primary N) is 1. The summed E-state index contributed by atoms with van der Waals surface area (Å²) in [7, 11) is 0. The third-order valence-electron chi connectivity index (χ3n) is 3.62. The highest BCUT2D eigenvalue weighted by Crippen LogP contribution is 2.22. The van der Waals surface area contributed by atoms with E-state index in [-0.39, 0.29) is 30.3 Å². The van der Waals surface area contributed by atoms with Crippen molar-refractivity contribution in [3.8, 4) is 0 Å². The summed E-state index contributed by atoms with van der Waals surface area (Å²) >= 11 is 0. The zero-order valence-electron chi connectivity index (χ0n) is 11.2. The Morgan fingerprint density at radius 1 is 1.24 bits per heavy atom. The highest BCUT2D eigenvalue weighted by atomic mass is 35.5. The molecule has 3 nitrogen and oxygen atoms in total. The Hall–Kier alpha value is -0.280. The molecule has 1 saturated carbocycles. The molecule has 0 aromatic heterocycles. The second-order valence-corrected chi connectivity index (χ2v) is 5.59. The molecule has 0 aromatic rings. The van der Waals surface area contributed by atoms with Crippen molar-refractivity contribution in [1.29, 1.82) is 0 Å². The predicted octanol–water partition coefficient (Wildman–Crippen LogP) is 2.48. The fourth-order valence-electron chi connectivity index (χ4n) is 2.23. The molecule has 1 aliphatic rings. The van der Waals surface area contributed by atoms with Crippen molar-refractivity contribution in [3.05, 3.63) is 0 Å². The summed E-state index contributed by atoms with van der Waals surface area (Å²) in [5.74, 6) is 1.04. The molecule has 102 valence electrons. The van der Waals surface area contributed by atoms with Gasteiger partial charge in [0.05, 0.1) is 6.04 Å². The molecular formula is C13H27ClN2O. The van der Waals surface area contributed by atoms with Crippen LogP contribution in [0.1, 0.15) is 52.9 Å². The van der Waals surface area contributed by atoms with Gasteiger partial charge in [-0.3, -0.25) is 4.79 Å². The van der Waals surface area contributed by atoms with Crippen LogP contribution in [0.2, 0.25) is 0 Å². The number of carbonyl (C=O) groups excluding carboxylic acids is 1. The summed E-state index contributed by atoms with van der Waals surface area (Å²) < 4.78 is 0. The van der Waals surface area contributed by atoms with Gasteiger partial charge in [-0.25, -0.2) is 0 Å². The van der Waals surface area contributed by atoms with E-state index in [2.05, 4.69) is 12.2 Å². The van der Waals surface area contributed by atoms with Crippen molar-refractivity contribution in [2.75, 3.05) is 0 Å². The van der Waals surface area contributed by atoms with Gasteiger partial charge in [-0.05, 0) is 31.1 Å². The highest BCUT2D eigenvalue weighted by molar-refractivity contribution is 5.85. The van der Waals surface area contributed by atoms with Gasteiger partial charge in [0.2, 0.25) is 5.91 Å². The summed E-state index contributed by atoms with van der Waals surface area (Å²) in [5, 5.41) is 3.10. The second kappa shape index (κ2) is 7.93. The number of hydrogen-bond acceptors (Lipinski definition) is 2. The van der Waals surface area contributed by atoms with E-state index in [9.17, 15) is 4.79 Å². The van der Waals surface area contributed by atoms with E-state index in [1.165, 1.54) is 19.3 Å². The molecule has 0 heterocycles. The van der Waals surface area contributed by atoms with E-state index >= 15 is 0 Å². The Bertz CT molecular complexity index is 233. The summed E-state index contributed by atoms with van der Waals surface area (Å²) in [4.78, 5) is 11.8. The molecule has 0 spiro atoms. The molecule has 3 unspecified atom stereocenters. The Morgan fingerprint density at radius 3 is 2.47 bits per heavy atom. The van der Waals surface area contributed by atoms with Gasteiger partial charge >= 0.3 is 0 Å². The van der Waals surface area contributed by atoms with Crippen LogP contribution in [-0.2, 0) is 4.79 Å². The van der Waals surface area contributed by atoms with Crippen molar-refractivity contribution in [1.82, 2.24) is 5.32 Å². The van der Waals surface area contributed by atoms with Crippen LogP contribution < -0.4 is 11.1 Å². The molecule has 0 radical (unpaired) electrons. The molecular weight excluding hydrogens is 236 g/mol. The van der Waals surface area contributed by atoms with E-state index in [0.717, 1.165) is 18.8 Å². The molecule has 3 atom stereocenters. The summed E-state index contributed by atoms with van der Waals surface area (Å²) in [5.41, 5.74) is 5.83. The van der Waals surface area contributed by atoms with Crippen molar-refractivity contribution >= 4 is 18.3 Å². The quantitative estimate of drug-likeness (QED) is 0.768. The predicted molar refractivity (Wildman–Crippen MR) is 74.2 cm³/mol. The zero-order chi connectivity index (χ0) is 12.1. The first kappa shape index (κ1) is 16.7. The standard InChI is InChI=1S/C13H26N2O.ClH/c1-9(2)12(14)13(16)15-11-6-4-5-10(3)7-8-11;/h9-12H,4-8,14H2,1-3H3,(H,15,16);1H. The van der Waals surface area contributed by atoms with E-state index in [1.54, 1.807) is 0 Å². The maximum absolute atomic E-state index is 11.8. The maximum atomic E-state index is 11.8. The number of nitrogens with one attached hydrogen (secondary N) is 1. The van der Waals surface area contributed by atoms with Crippen LogP contribution in [0.25, 0.3) is 0 Å². The first-order valence-corrected chi connectivity index (χ1v) is 6.56. The van der Waals surface area contributed by atoms with Gasteiger partial charge in [0.25, 0.3) is 0 Å². The molecule has 0 saturated heterocycles. The lowest BCUT2D eigenvalue weighted by atomic mass is 10.0. The Kier molecular flexibility index (Phi) is 7.80. The smallest absolute Gasteiger partial charge is 0.237 e. The van der Waals surface area contributed by atoms with Crippen LogP contribution >= 0.6 is 12.4 Å². The fraction of sp³-hybridized carbons (Fsp3) is 0.923. The average molecular weight is 263 g/mol. The molecule has 17 heavy (non-hydrogen) atoms. The molecule has 3 N–H and O–H groups in total. The fourth-order valence-corrected chi connectivity index (χ4v) is 2.23. The highest BCUT2D eigenvalue weighted by Gasteiger charge is 2.22. The van der Waals surface area contributed by atoms with Crippen molar-refractivity contribution in [3.63, 3.8) is 0 Å². The number of hydrogen-bond donors (Lipinski definition) is 2. The topological polar surface area (TPSA) is 55.1 Å². The van der Waals surface area contributed by atoms with Crippen LogP contribution in [0.3, 0.4) is 0 Å². The van der Waals surface area contributed by atoms with Crippen molar-refractivity contribution in [2.45, 2.75) is 65.0 Å². The van der Waals surface area contributed by atoms with Gasteiger partial charge in [-0.15, -0.1) is 12.4 Å².